The molecule has 4 N–H and O–H groups in total. The van der Waals surface area contributed by atoms with Gasteiger partial charge in [-0.3, -0.25) is 10.1 Å². The average molecular weight is 259 g/mol. The van der Waals surface area contributed by atoms with E-state index in [9.17, 15) is 9.59 Å². The van der Waals surface area contributed by atoms with E-state index >= 15 is 0 Å². The average Bonchev–Trinajstić information content (AvgIpc) is 2.25. The molecule has 17 heavy (non-hydrogen) atoms. The number of hydrogen-bond acceptors (Lipinski definition) is 4. The maximum absolute atomic E-state index is 11.1. The van der Waals surface area contributed by atoms with Crippen LogP contribution in [0.1, 0.15) is 5.56 Å². The quantitative estimate of drug-likeness (QED) is 0.728. The van der Waals surface area contributed by atoms with E-state index in [1.54, 1.807) is 18.2 Å². The van der Waals surface area contributed by atoms with Crippen LogP contribution in [0.4, 0.5) is 4.79 Å². The maximum atomic E-state index is 11.1. The van der Waals surface area contributed by atoms with Crippen LogP contribution in [0.5, 0.6) is 5.75 Å². The molecule has 0 spiro atoms. The zero-order chi connectivity index (χ0) is 12.8. The van der Waals surface area contributed by atoms with Gasteiger partial charge in [-0.25, -0.2) is 4.79 Å². The third kappa shape index (κ3) is 3.93. The number of aliphatic hydroxyl groups is 1. The molecule has 0 saturated carbocycles. The molecule has 0 aliphatic carbocycles. The van der Waals surface area contributed by atoms with E-state index < -0.39 is 18.5 Å². The number of amides is 3. The van der Waals surface area contributed by atoms with Crippen molar-refractivity contribution in [2.45, 2.75) is 6.61 Å². The van der Waals surface area contributed by atoms with Crippen molar-refractivity contribution in [3.63, 3.8) is 0 Å². The molecule has 6 nitrogen and oxygen atoms in total. The fraction of sp³-hybridized carbons (Fsp3) is 0.200. The summed E-state index contributed by atoms with van der Waals surface area (Å²) in [7, 11) is 0. The van der Waals surface area contributed by atoms with Crippen LogP contribution in [0.15, 0.2) is 18.2 Å². The van der Waals surface area contributed by atoms with Crippen molar-refractivity contribution >= 4 is 23.5 Å². The normalized spacial score (nSPS) is 9.76. The van der Waals surface area contributed by atoms with Crippen LogP contribution in [0.2, 0.25) is 5.02 Å². The first kappa shape index (κ1) is 13.3. The number of rotatable bonds is 4. The lowest BCUT2D eigenvalue weighted by Gasteiger charge is -2.10. The predicted molar refractivity (Wildman–Crippen MR) is 60.6 cm³/mol. The second-order valence-corrected chi connectivity index (χ2v) is 3.48. The molecule has 0 fully saturated rings. The molecule has 1 aromatic rings. The molecule has 0 aliphatic rings. The Kier molecular flexibility index (Phi) is 4.74. The Bertz CT molecular complexity index is 436. The highest BCUT2D eigenvalue weighted by molar-refractivity contribution is 6.31. The molecule has 0 saturated heterocycles. The summed E-state index contributed by atoms with van der Waals surface area (Å²) in [6.07, 6.45) is 0. The van der Waals surface area contributed by atoms with Gasteiger partial charge in [-0.1, -0.05) is 17.7 Å². The third-order valence-electron chi connectivity index (χ3n) is 1.86. The number of benzene rings is 1. The minimum Gasteiger partial charge on any atom is -0.483 e. The molecule has 7 heteroatoms. The van der Waals surface area contributed by atoms with E-state index in [0.717, 1.165) is 0 Å². The molecule has 1 rings (SSSR count). The van der Waals surface area contributed by atoms with E-state index in [1.165, 1.54) is 0 Å². The zero-order valence-electron chi connectivity index (χ0n) is 8.77. The van der Waals surface area contributed by atoms with Crippen LogP contribution in [-0.2, 0) is 11.4 Å². The summed E-state index contributed by atoms with van der Waals surface area (Å²) in [6.45, 7) is -0.706. The zero-order valence-corrected chi connectivity index (χ0v) is 9.53. The minimum absolute atomic E-state index is 0.277. The smallest absolute Gasteiger partial charge is 0.318 e. The summed E-state index contributed by atoms with van der Waals surface area (Å²) in [4.78, 5) is 21.5. The number of nitrogens with two attached hydrogens (primary N) is 1. The molecular weight excluding hydrogens is 248 g/mol. The standard InChI is InChI=1S/C10H11ClN2O4/c11-7-2-1-3-8(6(7)4-14)17-5-9(15)13-10(12)16/h1-3,14H,4-5H2,(H3,12,13,15,16). The van der Waals surface area contributed by atoms with E-state index in [2.05, 4.69) is 0 Å². The molecule has 92 valence electrons. The molecule has 0 unspecified atom stereocenters. The molecule has 0 radical (unpaired) electrons. The molecule has 0 atom stereocenters. The molecule has 0 heterocycles. The fourth-order valence-electron chi connectivity index (χ4n) is 1.14. The summed E-state index contributed by atoms with van der Waals surface area (Å²) in [5.74, 6) is -0.402. The molecule has 3 amide bonds. The second kappa shape index (κ2) is 6.07. The van der Waals surface area contributed by atoms with Crippen LogP contribution in [0.3, 0.4) is 0 Å². The Morgan fingerprint density at radius 2 is 2.18 bits per heavy atom. The maximum Gasteiger partial charge on any atom is 0.318 e. The van der Waals surface area contributed by atoms with Crippen molar-refractivity contribution in [3.05, 3.63) is 28.8 Å². The second-order valence-electron chi connectivity index (χ2n) is 3.08. The number of hydrogen-bond donors (Lipinski definition) is 3. The number of urea groups is 1. The third-order valence-corrected chi connectivity index (χ3v) is 2.21. The Balaban J connectivity index is 2.66. The Labute approximate surface area is 102 Å². The number of carbonyl (C=O) groups excluding carboxylic acids is 2. The van der Waals surface area contributed by atoms with Crippen molar-refractivity contribution in [1.29, 1.82) is 0 Å². The van der Waals surface area contributed by atoms with Crippen LogP contribution < -0.4 is 15.8 Å². The van der Waals surface area contributed by atoms with Gasteiger partial charge in [0.1, 0.15) is 5.75 Å². The summed E-state index contributed by atoms with van der Waals surface area (Å²) in [6, 6.07) is 3.80. The predicted octanol–water partition coefficient (Wildman–Crippen LogP) is 0.406. The van der Waals surface area contributed by atoms with Gasteiger partial charge in [0.2, 0.25) is 0 Å². The van der Waals surface area contributed by atoms with Crippen LogP contribution in [0, 0.1) is 0 Å². The highest BCUT2D eigenvalue weighted by atomic mass is 35.5. The molecule has 0 bridgehead atoms. The topological polar surface area (TPSA) is 102 Å². The van der Waals surface area contributed by atoms with Gasteiger partial charge in [0.15, 0.2) is 6.61 Å². The Hall–Kier alpha value is -1.79. The van der Waals surface area contributed by atoms with Crippen LogP contribution in [0.25, 0.3) is 0 Å². The number of aliphatic hydroxyl groups excluding tert-OH is 1. The number of nitrogens with one attached hydrogen (secondary N) is 1. The van der Waals surface area contributed by atoms with E-state index in [4.69, 9.17) is 27.2 Å². The first-order valence-corrected chi connectivity index (χ1v) is 5.02. The summed E-state index contributed by atoms with van der Waals surface area (Å²) < 4.78 is 5.11. The highest BCUT2D eigenvalue weighted by Gasteiger charge is 2.10. The first-order chi connectivity index (χ1) is 8.04. The molecule has 0 aromatic heterocycles. The van der Waals surface area contributed by atoms with E-state index in [-0.39, 0.29) is 12.4 Å². The largest absolute Gasteiger partial charge is 0.483 e. The van der Waals surface area contributed by atoms with Gasteiger partial charge in [-0.05, 0) is 12.1 Å². The number of carbonyl (C=O) groups is 2. The van der Waals surface area contributed by atoms with Crippen molar-refractivity contribution in [2.75, 3.05) is 6.61 Å². The highest BCUT2D eigenvalue weighted by Crippen LogP contribution is 2.26. The lowest BCUT2D eigenvalue weighted by molar-refractivity contribution is -0.121. The van der Waals surface area contributed by atoms with Crippen molar-refractivity contribution in [2.24, 2.45) is 5.73 Å². The van der Waals surface area contributed by atoms with Gasteiger partial charge >= 0.3 is 6.03 Å². The lowest BCUT2D eigenvalue weighted by atomic mass is 10.2. The Morgan fingerprint density at radius 3 is 2.76 bits per heavy atom. The Morgan fingerprint density at radius 1 is 1.47 bits per heavy atom. The molecule has 0 aliphatic heterocycles. The summed E-state index contributed by atoms with van der Waals surface area (Å²) >= 11 is 5.81. The minimum atomic E-state index is -0.952. The number of ether oxygens (including phenoxy) is 1. The van der Waals surface area contributed by atoms with Crippen molar-refractivity contribution in [3.8, 4) is 5.75 Å². The van der Waals surface area contributed by atoms with Gasteiger partial charge in [0, 0.05) is 10.6 Å². The van der Waals surface area contributed by atoms with Gasteiger partial charge in [-0.15, -0.1) is 0 Å². The van der Waals surface area contributed by atoms with E-state index in [1.807, 2.05) is 5.32 Å². The van der Waals surface area contributed by atoms with Crippen LogP contribution >= 0.6 is 11.6 Å². The van der Waals surface area contributed by atoms with Crippen LogP contribution in [-0.4, -0.2) is 23.7 Å². The SMILES string of the molecule is NC(=O)NC(=O)COc1cccc(Cl)c1CO. The van der Waals surface area contributed by atoms with Gasteiger partial charge in [0.05, 0.1) is 6.61 Å². The fourth-order valence-corrected chi connectivity index (χ4v) is 1.37. The van der Waals surface area contributed by atoms with E-state index in [0.29, 0.717) is 10.6 Å². The monoisotopic (exact) mass is 258 g/mol. The molecule has 1 aromatic carbocycles. The van der Waals surface area contributed by atoms with Gasteiger partial charge in [-0.2, -0.15) is 0 Å². The van der Waals surface area contributed by atoms with Gasteiger partial charge < -0.3 is 15.6 Å². The van der Waals surface area contributed by atoms with Crippen molar-refractivity contribution < 1.29 is 19.4 Å². The molecular formula is C10H11ClN2O4. The summed E-state index contributed by atoms with van der Waals surface area (Å²) in [5, 5.41) is 11.2. The summed E-state index contributed by atoms with van der Waals surface area (Å²) in [5.41, 5.74) is 5.13. The number of imide groups is 1. The van der Waals surface area contributed by atoms with Crippen molar-refractivity contribution in [1.82, 2.24) is 5.32 Å². The number of primary amides is 1. The lowest BCUT2D eigenvalue weighted by Crippen LogP contribution is -2.38. The first-order valence-electron chi connectivity index (χ1n) is 4.65. The van der Waals surface area contributed by atoms with Gasteiger partial charge in [0.25, 0.3) is 5.91 Å². The number of halogens is 1.